The van der Waals surface area contributed by atoms with Crippen LogP contribution in [-0.4, -0.2) is 30.3 Å². The molecule has 1 rings (SSSR count). The lowest BCUT2D eigenvalue weighted by atomic mass is 9.77. The minimum Gasteiger partial charge on any atom is -0.444 e. The van der Waals surface area contributed by atoms with Crippen molar-refractivity contribution in [2.45, 2.75) is 77.0 Å². The third-order valence-corrected chi connectivity index (χ3v) is 3.76. The van der Waals surface area contributed by atoms with Gasteiger partial charge in [-0.05, 0) is 47.6 Å². The van der Waals surface area contributed by atoms with Crippen LogP contribution in [0.1, 0.15) is 59.8 Å². The first-order chi connectivity index (χ1) is 8.29. The van der Waals surface area contributed by atoms with Crippen LogP contribution >= 0.6 is 0 Å². The minimum absolute atomic E-state index is 0.157. The summed E-state index contributed by atoms with van der Waals surface area (Å²) in [6.07, 6.45) is 5.34. The fraction of sp³-hybridized carbons (Fsp3) is 0.929. The van der Waals surface area contributed by atoms with Crippen molar-refractivity contribution in [2.24, 2.45) is 0 Å². The largest absolute Gasteiger partial charge is 0.444 e. The highest BCUT2D eigenvalue weighted by Crippen LogP contribution is 2.31. The van der Waals surface area contributed by atoms with E-state index in [4.69, 9.17) is 4.74 Å². The minimum atomic E-state index is -0.442. The maximum Gasteiger partial charge on any atom is 0.408 e. The molecule has 0 saturated heterocycles. The summed E-state index contributed by atoms with van der Waals surface area (Å²) in [5.41, 5.74) is -0.599. The number of hydrogen-bond donors (Lipinski definition) is 2. The number of nitrogens with one attached hydrogen (secondary N) is 2. The van der Waals surface area contributed by atoms with E-state index in [2.05, 4.69) is 17.6 Å². The second-order valence-electron chi connectivity index (χ2n) is 6.35. The van der Waals surface area contributed by atoms with E-state index in [0.717, 1.165) is 12.8 Å². The molecule has 1 fully saturated rings. The van der Waals surface area contributed by atoms with Crippen LogP contribution in [0.2, 0.25) is 0 Å². The third kappa shape index (κ3) is 4.16. The average molecular weight is 256 g/mol. The van der Waals surface area contributed by atoms with E-state index in [1.54, 1.807) is 0 Å². The van der Waals surface area contributed by atoms with Crippen LogP contribution in [0.25, 0.3) is 0 Å². The van der Waals surface area contributed by atoms with Gasteiger partial charge in [0.1, 0.15) is 5.60 Å². The van der Waals surface area contributed by atoms with Crippen LogP contribution in [0.5, 0.6) is 0 Å². The van der Waals surface area contributed by atoms with Crippen molar-refractivity contribution in [3.8, 4) is 0 Å². The SMILES string of the molecule is CNC(C)C1(NC(=O)OC(C)(C)C)CCCCC1. The summed E-state index contributed by atoms with van der Waals surface area (Å²) in [4.78, 5) is 12.0. The first kappa shape index (κ1) is 15.3. The van der Waals surface area contributed by atoms with Gasteiger partial charge in [0.05, 0.1) is 5.54 Å². The Bertz CT molecular complexity index is 278. The van der Waals surface area contributed by atoms with Crippen molar-refractivity contribution in [1.29, 1.82) is 0 Å². The Morgan fingerprint density at radius 1 is 1.22 bits per heavy atom. The maximum absolute atomic E-state index is 12.0. The second-order valence-corrected chi connectivity index (χ2v) is 6.35. The van der Waals surface area contributed by atoms with E-state index in [9.17, 15) is 4.79 Å². The Hall–Kier alpha value is -0.770. The first-order valence-electron chi connectivity index (χ1n) is 6.97. The van der Waals surface area contributed by atoms with Gasteiger partial charge in [0, 0.05) is 6.04 Å². The van der Waals surface area contributed by atoms with Crippen LogP contribution in [0.4, 0.5) is 4.79 Å². The summed E-state index contributed by atoms with van der Waals surface area (Å²) in [7, 11) is 1.94. The highest BCUT2D eigenvalue weighted by molar-refractivity contribution is 5.69. The summed E-state index contributed by atoms with van der Waals surface area (Å²) < 4.78 is 5.38. The number of ether oxygens (including phenoxy) is 1. The summed E-state index contributed by atoms with van der Waals surface area (Å²) in [6, 6.07) is 0.255. The van der Waals surface area contributed by atoms with E-state index < -0.39 is 5.60 Å². The molecule has 1 aliphatic rings. The molecule has 0 bridgehead atoms. The number of rotatable bonds is 3. The van der Waals surface area contributed by atoms with E-state index in [0.29, 0.717) is 0 Å². The van der Waals surface area contributed by atoms with Crippen molar-refractivity contribution in [3.05, 3.63) is 0 Å². The molecule has 0 spiro atoms. The smallest absolute Gasteiger partial charge is 0.408 e. The van der Waals surface area contributed by atoms with Crippen LogP contribution in [0, 0.1) is 0 Å². The molecule has 0 aromatic carbocycles. The molecule has 0 aromatic rings. The molecule has 106 valence electrons. The molecule has 4 heteroatoms. The molecule has 0 aromatic heterocycles. The summed E-state index contributed by atoms with van der Waals surface area (Å²) in [5.74, 6) is 0. The zero-order valence-corrected chi connectivity index (χ0v) is 12.4. The highest BCUT2D eigenvalue weighted by Gasteiger charge is 2.39. The summed E-state index contributed by atoms with van der Waals surface area (Å²) in [6.45, 7) is 7.80. The summed E-state index contributed by atoms with van der Waals surface area (Å²) >= 11 is 0. The molecule has 1 amide bonds. The maximum atomic E-state index is 12.0. The molecule has 4 nitrogen and oxygen atoms in total. The Labute approximate surface area is 111 Å². The zero-order valence-electron chi connectivity index (χ0n) is 12.4. The standard InChI is InChI=1S/C14H28N2O2/c1-11(15-5)14(9-7-6-8-10-14)16-12(17)18-13(2,3)4/h11,15H,6-10H2,1-5H3,(H,16,17). The average Bonchev–Trinajstić information content (AvgIpc) is 2.26. The van der Waals surface area contributed by atoms with Gasteiger partial charge in [-0.3, -0.25) is 0 Å². The zero-order chi connectivity index (χ0) is 13.8. The van der Waals surface area contributed by atoms with Gasteiger partial charge in [0.2, 0.25) is 0 Å². The number of likely N-dealkylation sites (N-methyl/N-ethyl adjacent to an activating group) is 1. The highest BCUT2D eigenvalue weighted by atomic mass is 16.6. The Kier molecular flexibility index (Phi) is 5.02. The topological polar surface area (TPSA) is 50.4 Å². The molecule has 1 aliphatic carbocycles. The molecule has 1 unspecified atom stereocenters. The van der Waals surface area contributed by atoms with Gasteiger partial charge < -0.3 is 15.4 Å². The Balaban J connectivity index is 2.70. The molecular weight excluding hydrogens is 228 g/mol. The van der Waals surface area contributed by atoms with Crippen molar-refractivity contribution < 1.29 is 9.53 Å². The van der Waals surface area contributed by atoms with Crippen molar-refractivity contribution in [3.63, 3.8) is 0 Å². The van der Waals surface area contributed by atoms with Crippen molar-refractivity contribution >= 4 is 6.09 Å². The number of alkyl carbamates (subject to hydrolysis) is 1. The lowest BCUT2D eigenvalue weighted by Crippen LogP contribution is -2.61. The fourth-order valence-corrected chi connectivity index (χ4v) is 2.63. The summed E-state index contributed by atoms with van der Waals surface area (Å²) in [5, 5.41) is 6.39. The third-order valence-electron chi connectivity index (χ3n) is 3.76. The fourth-order valence-electron chi connectivity index (χ4n) is 2.63. The van der Waals surface area contributed by atoms with Crippen LogP contribution < -0.4 is 10.6 Å². The van der Waals surface area contributed by atoms with Gasteiger partial charge in [0.25, 0.3) is 0 Å². The lowest BCUT2D eigenvalue weighted by Gasteiger charge is -2.42. The van der Waals surface area contributed by atoms with Crippen LogP contribution in [0.3, 0.4) is 0 Å². The molecule has 0 aliphatic heterocycles. The molecule has 0 heterocycles. The number of carbonyl (C=O) groups is 1. The van der Waals surface area contributed by atoms with Gasteiger partial charge in [-0.1, -0.05) is 19.3 Å². The normalized spacial score (nSPS) is 21.2. The predicted molar refractivity (Wildman–Crippen MR) is 73.7 cm³/mol. The monoisotopic (exact) mass is 256 g/mol. The number of amides is 1. The Morgan fingerprint density at radius 3 is 2.22 bits per heavy atom. The molecule has 0 radical (unpaired) electrons. The molecule has 2 N–H and O–H groups in total. The van der Waals surface area contributed by atoms with E-state index in [1.807, 2.05) is 27.8 Å². The van der Waals surface area contributed by atoms with Gasteiger partial charge in [-0.25, -0.2) is 4.79 Å². The quantitative estimate of drug-likeness (QED) is 0.816. The number of hydrogen-bond acceptors (Lipinski definition) is 3. The number of carbonyl (C=O) groups excluding carboxylic acids is 1. The molecule has 18 heavy (non-hydrogen) atoms. The molecule has 1 atom stereocenters. The molecule has 1 saturated carbocycles. The Morgan fingerprint density at radius 2 is 1.78 bits per heavy atom. The van der Waals surface area contributed by atoms with E-state index >= 15 is 0 Å². The lowest BCUT2D eigenvalue weighted by molar-refractivity contribution is 0.0391. The van der Waals surface area contributed by atoms with Crippen LogP contribution in [0.15, 0.2) is 0 Å². The second kappa shape index (κ2) is 5.91. The van der Waals surface area contributed by atoms with Gasteiger partial charge >= 0.3 is 6.09 Å². The van der Waals surface area contributed by atoms with Crippen LogP contribution in [-0.2, 0) is 4.74 Å². The van der Waals surface area contributed by atoms with Gasteiger partial charge in [0.15, 0.2) is 0 Å². The molecular formula is C14H28N2O2. The first-order valence-corrected chi connectivity index (χ1v) is 6.97. The van der Waals surface area contributed by atoms with E-state index in [-0.39, 0.29) is 17.7 Å². The van der Waals surface area contributed by atoms with E-state index in [1.165, 1.54) is 19.3 Å². The van der Waals surface area contributed by atoms with Crippen molar-refractivity contribution in [1.82, 2.24) is 10.6 Å². The van der Waals surface area contributed by atoms with Gasteiger partial charge in [-0.2, -0.15) is 0 Å². The van der Waals surface area contributed by atoms with Crippen molar-refractivity contribution in [2.75, 3.05) is 7.05 Å². The predicted octanol–water partition coefficient (Wildman–Crippen LogP) is 2.82. The van der Waals surface area contributed by atoms with Gasteiger partial charge in [-0.15, -0.1) is 0 Å².